The number of amides is 1. The second kappa shape index (κ2) is 6.15. The first kappa shape index (κ1) is 15.3. The maximum absolute atomic E-state index is 12.1. The summed E-state index contributed by atoms with van der Waals surface area (Å²) in [6, 6.07) is 8.59. The van der Waals surface area contributed by atoms with Crippen LogP contribution in [0.1, 0.15) is 36.8 Å². The zero-order valence-electron chi connectivity index (χ0n) is 11.9. The van der Waals surface area contributed by atoms with Crippen molar-refractivity contribution in [2.75, 3.05) is 13.1 Å². The van der Waals surface area contributed by atoms with Crippen LogP contribution in [0.5, 0.6) is 0 Å². The highest BCUT2D eigenvalue weighted by molar-refractivity contribution is 5.85. The molecule has 1 heterocycles. The van der Waals surface area contributed by atoms with Gasteiger partial charge in [-0.25, -0.2) is 0 Å². The molecular formula is C16H23ClN2O. The SMILES string of the molecule is Cc1ccccc1C1(CNC(=O)C2CCCN2)CC1.Cl. The molecule has 1 aliphatic heterocycles. The van der Waals surface area contributed by atoms with Crippen molar-refractivity contribution in [3.05, 3.63) is 35.4 Å². The van der Waals surface area contributed by atoms with E-state index in [1.165, 1.54) is 24.0 Å². The lowest BCUT2D eigenvalue weighted by molar-refractivity contribution is -0.122. The Morgan fingerprint density at radius 3 is 2.75 bits per heavy atom. The summed E-state index contributed by atoms with van der Waals surface area (Å²) in [4.78, 5) is 12.1. The molecule has 2 N–H and O–H groups in total. The normalized spacial score (nSPS) is 22.9. The second-order valence-electron chi connectivity index (χ2n) is 5.96. The molecule has 2 fully saturated rings. The van der Waals surface area contributed by atoms with Crippen LogP contribution in [0.3, 0.4) is 0 Å². The number of aryl methyl sites for hydroxylation is 1. The van der Waals surface area contributed by atoms with E-state index in [9.17, 15) is 4.79 Å². The van der Waals surface area contributed by atoms with E-state index < -0.39 is 0 Å². The third kappa shape index (κ3) is 2.99. The average molecular weight is 295 g/mol. The van der Waals surface area contributed by atoms with Crippen LogP contribution in [0.4, 0.5) is 0 Å². The molecule has 20 heavy (non-hydrogen) atoms. The number of hydrogen-bond donors (Lipinski definition) is 2. The maximum Gasteiger partial charge on any atom is 0.237 e. The van der Waals surface area contributed by atoms with Crippen LogP contribution in [0.25, 0.3) is 0 Å². The van der Waals surface area contributed by atoms with Crippen LogP contribution in [0, 0.1) is 6.92 Å². The fourth-order valence-electron chi connectivity index (χ4n) is 3.15. The summed E-state index contributed by atoms with van der Waals surface area (Å²) < 4.78 is 0. The van der Waals surface area contributed by atoms with Gasteiger partial charge in [0, 0.05) is 12.0 Å². The van der Waals surface area contributed by atoms with E-state index in [0.717, 1.165) is 25.9 Å². The van der Waals surface area contributed by atoms with Gasteiger partial charge in [-0.3, -0.25) is 4.79 Å². The number of carbonyl (C=O) groups is 1. The van der Waals surface area contributed by atoms with Crippen LogP contribution < -0.4 is 10.6 Å². The number of hydrogen-bond acceptors (Lipinski definition) is 2. The van der Waals surface area contributed by atoms with E-state index in [-0.39, 0.29) is 29.8 Å². The van der Waals surface area contributed by atoms with E-state index in [0.29, 0.717) is 0 Å². The number of nitrogens with one attached hydrogen (secondary N) is 2. The molecule has 1 saturated heterocycles. The molecule has 1 unspecified atom stereocenters. The fraction of sp³-hybridized carbons (Fsp3) is 0.562. The quantitative estimate of drug-likeness (QED) is 0.895. The summed E-state index contributed by atoms with van der Waals surface area (Å²) in [6.45, 7) is 3.92. The number of benzene rings is 1. The van der Waals surface area contributed by atoms with Gasteiger partial charge in [-0.05, 0) is 50.3 Å². The van der Waals surface area contributed by atoms with Crippen LogP contribution >= 0.6 is 12.4 Å². The van der Waals surface area contributed by atoms with Crippen molar-refractivity contribution in [3.8, 4) is 0 Å². The van der Waals surface area contributed by atoms with Crippen LogP contribution in [-0.4, -0.2) is 25.0 Å². The first-order valence-corrected chi connectivity index (χ1v) is 7.28. The predicted molar refractivity (Wildman–Crippen MR) is 83.4 cm³/mol. The van der Waals surface area contributed by atoms with Gasteiger partial charge in [0.15, 0.2) is 0 Å². The lowest BCUT2D eigenvalue weighted by atomic mass is 9.92. The molecule has 0 bridgehead atoms. The predicted octanol–water partition coefficient (Wildman–Crippen LogP) is 2.32. The van der Waals surface area contributed by atoms with Gasteiger partial charge in [0.25, 0.3) is 0 Å². The summed E-state index contributed by atoms with van der Waals surface area (Å²) in [6.07, 6.45) is 4.47. The lowest BCUT2D eigenvalue weighted by Gasteiger charge is -2.20. The van der Waals surface area contributed by atoms with E-state index in [4.69, 9.17) is 0 Å². The minimum absolute atomic E-state index is 0. The Bertz CT molecular complexity index is 479. The molecule has 3 rings (SSSR count). The Kier molecular flexibility index (Phi) is 4.71. The topological polar surface area (TPSA) is 41.1 Å². The standard InChI is InChI=1S/C16H22N2O.ClH/c1-12-5-2-3-6-13(12)16(8-9-16)11-18-15(19)14-7-4-10-17-14;/h2-3,5-6,14,17H,4,7-11H2,1H3,(H,18,19);1H. The van der Waals surface area contributed by atoms with Crippen molar-refractivity contribution in [1.82, 2.24) is 10.6 Å². The molecule has 1 aromatic carbocycles. The van der Waals surface area contributed by atoms with Crippen molar-refractivity contribution < 1.29 is 4.79 Å². The molecular weight excluding hydrogens is 272 g/mol. The van der Waals surface area contributed by atoms with Crippen molar-refractivity contribution in [1.29, 1.82) is 0 Å². The number of halogens is 1. The van der Waals surface area contributed by atoms with Gasteiger partial charge in [0.1, 0.15) is 0 Å². The lowest BCUT2D eigenvalue weighted by Crippen LogP contribution is -2.43. The molecule has 1 aliphatic carbocycles. The second-order valence-corrected chi connectivity index (χ2v) is 5.96. The maximum atomic E-state index is 12.1. The van der Waals surface area contributed by atoms with Crippen molar-refractivity contribution in [2.24, 2.45) is 0 Å². The highest BCUT2D eigenvalue weighted by Crippen LogP contribution is 2.48. The Labute approximate surface area is 126 Å². The molecule has 0 radical (unpaired) electrons. The summed E-state index contributed by atoms with van der Waals surface area (Å²) in [5.74, 6) is 0.178. The van der Waals surface area contributed by atoms with Gasteiger partial charge >= 0.3 is 0 Å². The zero-order valence-corrected chi connectivity index (χ0v) is 12.8. The zero-order chi connectivity index (χ0) is 13.3. The van der Waals surface area contributed by atoms with E-state index in [1.807, 2.05) is 0 Å². The molecule has 1 amide bonds. The highest BCUT2D eigenvalue weighted by atomic mass is 35.5. The Balaban J connectivity index is 0.00000147. The molecule has 0 aromatic heterocycles. The molecule has 3 nitrogen and oxygen atoms in total. The monoisotopic (exact) mass is 294 g/mol. The number of rotatable bonds is 4. The molecule has 1 saturated carbocycles. The summed E-state index contributed by atoms with van der Waals surface area (Å²) in [5.41, 5.74) is 2.96. The molecule has 110 valence electrons. The van der Waals surface area contributed by atoms with Crippen LogP contribution in [-0.2, 0) is 10.2 Å². The van der Waals surface area contributed by atoms with Crippen molar-refractivity contribution in [3.63, 3.8) is 0 Å². The fourth-order valence-corrected chi connectivity index (χ4v) is 3.15. The van der Waals surface area contributed by atoms with Gasteiger partial charge < -0.3 is 10.6 Å². The average Bonchev–Trinajstić information content (AvgIpc) is 3.00. The van der Waals surface area contributed by atoms with Gasteiger partial charge in [-0.2, -0.15) is 0 Å². The summed E-state index contributed by atoms with van der Waals surface area (Å²) in [7, 11) is 0. The Morgan fingerprint density at radius 1 is 1.40 bits per heavy atom. The van der Waals surface area contributed by atoms with Gasteiger partial charge in [0.2, 0.25) is 5.91 Å². The van der Waals surface area contributed by atoms with Crippen LogP contribution in [0.2, 0.25) is 0 Å². The summed E-state index contributed by atoms with van der Waals surface area (Å²) in [5, 5.41) is 6.40. The molecule has 2 aliphatic rings. The largest absolute Gasteiger partial charge is 0.354 e. The first-order valence-electron chi connectivity index (χ1n) is 7.28. The number of carbonyl (C=O) groups excluding carboxylic acids is 1. The Hall–Kier alpha value is -1.06. The summed E-state index contributed by atoms with van der Waals surface area (Å²) >= 11 is 0. The van der Waals surface area contributed by atoms with Gasteiger partial charge in [-0.15, -0.1) is 12.4 Å². The smallest absolute Gasteiger partial charge is 0.237 e. The molecule has 0 spiro atoms. The minimum atomic E-state index is 0. The molecule has 1 aromatic rings. The van der Waals surface area contributed by atoms with Crippen molar-refractivity contribution in [2.45, 2.75) is 44.1 Å². The Morgan fingerprint density at radius 2 is 2.15 bits per heavy atom. The molecule has 4 heteroatoms. The van der Waals surface area contributed by atoms with E-state index >= 15 is 0 Å². The van der Waals surface area contributed by atoms with Crippen LogP contribution in [0.15, 0.2) is 24.3 Å². The van der Waals surface area contributed by atoms with Crippen molar-refractivity contribution >= 4 is 18.3 Å². The van der Waals surface area contributed by atoms with E-state index in [2.05, 4.69) is 41.8 Å². The minimum Gasteiger partial charge on any atom is -0.354 e. The highest BCUT2D eigenvalue weighted by Gasteiger charge is 2.45. The third-order valence-electron chi connectivity index (χ3n) is 4.55. The molecule has 1 atom stereocenters. The van der Waals surface area contributed by atoms with Gasteiger partial charge in [-0.1, -0.05) is 24.3 Å². The third-order valence-corrected chi connectivity index (χ3v) is 4.55. The van der Waals surface area contributed by atoms with E-state index in [1.54, 1.807) is 0 Å². The first-order chi connectivity index (χ1) is 9.21. The van der Waals surface area contributed by atoms with Gasteiger partial charge in [0.05, 0.1) is 6.04 Å².